The van der Waals surface area contributed by atoms with Gasteiger partial charge in [0.2, 0.25) is 5.91 Å². The molecule has 3 aromatic rings. The third-order valence-corrected chi connectivity index (χ3v) is 7.62. The number of carbonyl (C=O) groups excluding carboxylic acids is 1. The average Bonchev–Trinajstić information content (AvgIpc) is 3.23. The van der Waals surface area contributed by atoms with E-state index in [-0.39, 0.29) is 23.8 Å². The first kappa shape index (κ1) is 21.0. The number of thiophene rings is 1. The molecule has 0 fully saturated rings. The van der Waals surface area contributed by atoms with Gasteiger partial charge in [-0.1, -0.05) is 18.2 Å². The van der Waals surface area contributed by atoms with Gasteiger partial charge in [0.1, 0.15) is 16.8 Å². The minimum Gasteiger partial charge on any atom is -0.497 e. The van der Waals surface area contributed by atoms with Gasteiger partial charge in [-0.15, -0.1) is 11.3 Å². The molecule has 1 heterocycles. The summed E-state index contributed by atoms with van der Waals surface area (Å²) in [5, 5.41) is 3.55. The third-order valence-electron chi connectivity index (χ3n) is 4.39. The number of halogens is 1. The highest BCUT2D eigenvalue weighted by atomic mass is 32.2. The van der Waals surface area contributed by atoms with Crippen LogP contribution >= 0.6 is 11.3 Å². The summed E-state index contributed by atoms with van der Waals surface area (Å²) in [6.45, 7) is -0.0742. The Hall–Kier alpha value is -2.71. The van der Waals surface area contributed by atoms with Gasteiger partial charge in [0, 0.05) is 11.4 Å². The van der Waals surface area contributed by atoms with Crippen LogP contribution < -0.4 is 10.1 Å². The molecule has 0 aliphatic carbocycles. The van der Waals surface area contributed by atoms with Crippen LogP contribution in [0.5, 0.6) is 5.75 Å². The van der Waals surface area contributed by atoms with Crippen LogP contribution in [0.15, 0.2) is 70.9 Å². The highest BCUT2D eigenvalue weighted by molar-refractivity contribution is 7.91. The number of hydrogen-bond donors (Lipinski definition) is 1. The van der Waals surface area contributed by atoms with E-state index in [0.717, 1.165) is 17.7 Å². The molecule has 0 spiro atoms. The zero-order valence-corrected chi connectivity index (χ0v) is 17.3. The van der Waals surface area contributed by atoms with Gasteiger partial charge in [0.15, 0.2) is 9.84 Å². The largest absolute Gasteiger partial charge is 0.497 e. The quantitative estimate of drug-likeness (QED) is 0.549. The fourth-order valence-electron chi connectivity index (χ4n) is 2.82. The molecule has 29 heavy (non-hydrogen) atoms. The first-order valence-electron chi connectivity index (χ1n) is 8.82. The summed E-state index contributed by atoms with van der Waals surface area (Å²) in [4.78, 5) is 13.0. The van der Waals surface area contributed by atoms with Gasteiger partial charge in [-0.25, -0.2) is 12.8 Å². The van der Waals surface area contributed by atoms with E-state index in [2.05, 4.69) is 5.32 Å². The zero-order chi connectivity index (χ0) is 20.9. The Labute approximate surface area is 173 Å². The summed E-state index contributed by atoms with van der Waals surface area (Å²) >= 11 is 1.30. The Morgan fingerprint density at radius 2 is 1.79 bits per heavy atom. The summed E-state index contributed by atoms with van der Waals surface area (Å²) in [5.74, 6) is -0.104. The van der Waals surface area contributed by atoms with E-state index < -0.39 is 20.9 Å². The molecule has 0 aliphatic heterocycles. The normalized spacial score (nSPS) is 12.3. The maximum Gasteiger partial charge on any atom is 0.224 e. The van der Waals surface area contributed by atoms with Gasteiger partial charge in [-0.05, 0) is 53.4 Å². The summed E-state index contributed by atoms with van der Waals surface area (Å²) in [6.07, 6.45) is 0.123. The van der Waals surface area contributed by atoms with Crippen LogP contribution in [0, 0.1) is 5.82 Å². The molecule has 1 N–H and O–H groups in total. The molecular formula is C21H20FNO4S2. The second kappa shape index (κ2) is 9.19. The van der Waals surface area contributed by atoms with Gasteiger partial charge in [-0.2, -0.15) is 0 Å². The minimum absolute atomic E-state index is 0.0155. The number of methoxy groups -OCH3 is 1. The van der Waals surface area contributed by atoms with Gasteiger partial charge in [-0.3, -0.25) is 4.79 Å². The number of rotatable bonds is 8. The van der Waals surface area contributed by atoms with E-state index in [4.69, 9.17) is 4.74 Å². The standard InChI is InChI=1S/C21H20FNO4S2/c1-27-17-8-4-15(5-9-17)13-21(24)23-14-20(19-3-2-12-28-19)29(25,26)18-10-6-16(22)7-11-18/h2-12,20H,13-14H2,1H3,(H,23,24). The van der Waals surface area contributed by atoms with Crippen molar-refractivity contribution in [3.63, 3.8) is 0 Å². The second-order valence-electron chi connectivity index (χ2n) is 6.33. The van der Waals surface area contributed by atoms with Crippen molar-refractivity contribution >= 4 is 27.1 Å². The Kier molecular flexibility index (Phi) is 6.66. The molecule has 1 amide bonds. The Bertz CT molecular complexity index is 1050. The number of nitrogens with one attached hydrogen (secondary N) is 1. The Morgan fingerprint density at radius 1 is 1.10 bits per heavy atom. The molecule has 3 rings (SSSR count). The highest BCUT2D eigenvalue weighted by Crippen LogP contribution is 2.31. The van der Waals surface area contributed by atoms with Gasteiger partial charge in [0.25, 0.3) is 0 Å². The summed E-state index contributed by atoms with van der Waals surface area (Å²) < 4.78 is 44.5. The van der Waals surface area contributed by atoms with Crippen LogP contribution in [0.1, 0.15) is 15.7 Å². The van der Waals surface area contributed by atoms with Crippen LogP contribution in [0.2, 0.25) is 0 Å². The van der Waals surface area contributed by atoms with Crippen molar-refractivity contribution in [2.75, 3.05) is 13.7 Å². The smallest absolute Gasteiger partial charge is 0.224 e. The number of carbonyl (C=O) groups is 1. The Morgan fingerprint density at radius 3 is 2.38 bits per heavy atom. The fraction of sp³-hybridized carbons (Fsp3) is 0.190. The van der Waals surface area contributed by atoms with E-state index >= 15 is 0 Å². The predicted molar refractivity (Wildman–Crippen MR) is 110 cm³/mol. The number of amides is 1. The molecule has 0 radical (unpaired) electrons. The summed E-state index contributed by atoms with van der Waals surface area (Å²) in [6, 6.07) is 15.3. The van der Waals surface area contributed by atoms with Crippen molar-refractivity contribution in [3.8, 4) is 5.75 Å². The molecule has 0 saturated carbocycles. The van der Waals surface area contributed by atoms with Gasteiger partial charge < -0.3 is 10.1 Å². The monoisotopic (exact) mass is 433 g/mol. The van der Waals surface area contributed by atoms with E-state index in [1.54, 1.807) is 48.9 Å². The van der Waals surface area contributed by atoms with Crippen molar-refractivity contribution in [2.24, 2.45) is 0 Å². The molecule has 1 atom stereocenters. The maximum absolute atomic E-state index is 13.2. The fourth-order valence-corrected chi connectivity index (χ4v) is 5.61. The second-order valence-corrected chi connectivity index (χ2v) is 9.44. The zero-order valence-electron chi connectivity index (χ0n) is 15.7. The van der Waals surface area contributed by atoms with E-state index in [1.165, 1.54) is 23.5 Å². The number of ether oxygens (including phenoxy) is 1. The van der Waals surface area contributed by atoms with Crippen molar-refractivity contribution in [1.82, 2.24) is 5.32 Å². The van der Waals surface area contributed by atoms with Crippen molar-refractivity contribution in [1.29, 1.82) is 0 Å². The molecule has 8 heteroatoms. The van der Waals surface area contributed by atoms with E-state index in [9.17, 15) is 17.6 Å². The molecule has 1 unspecified atom stereocenters. The topological polar surface area (TPSA) is 72.5 Å². The lowest BCUT2D eigenvalue weighted by molar-refractivity contribution is -0.120. The number of benzene rings is 2. The Balaban J connectivity index is 1.74. The predicted octanol–water partition coefficient (Wildman–Crippen LogP) is 3.77. The summed E-state index contributed by atoms with van der Waals surface area (Å²) in [7, 11) is -2.24. The lowest BCUT2D eigenvalue weighted by atomic mass is 10.1. The van der Waals surface area contributed by atoms with Crippen LogP contribution in [0.4, 0.5) is 4.39 Å². The van der Waals surface area contributed by atoms with Crippen LogP contribution in [-0.4, -0.2) is 28.0 Å². The lowest BCUT2D eigenvalue weighted by Gasteiger charge is -2.17. The van der Waals surface area contributed by atoms with Crippen molar-refractivity contribution < 1.29 is 22.3 Å². The van der Waals surface area contributed by atoms with Crippen LogP contribution in [-0.2, 0) is 21.1 Å². The van der Waals surface area contributed by atoms with Crippen molar-refractivity contribution in [3.05, 3.63) is 82.3 Å². The molecular weight excluding hydrogens is 413 g/mol. The molecule has 152 valence electrons. The number of hydrogen-bond acceptors (Lipinski definition) is 5. The molecule has 0 aliphatic rings. The molecule has 0 bridgehead atoms. The molecule has 0 saturated heterocycles. The van der Waals surface area contributed by atoms with Crippen LogP contribution in [0.25, 0.3) is 0 Å². The van der Waals surface area contributed by atoms with Gasteiger partial charge in [0.05, 0.1) is 18.4 Å². The minimum atomic E-state index is -3.81. The number of sulfone groups is 1. The highest BCUT2D eigenvalue weighted by Gasteiger charge is 2.30. The average molecular weight is 434 g/mol. The molecule has 2 aromatic carbocycles. The first-order chi connectivity index (χ1) is 13.9. The molecule has 5 nitrogen and oxygen atoms in total. The van der Waals surface area contributed by atoms with Crippen LogP contribution in [0.3, 0.4) is 0 Å². The van der Waals surface area contributed by atoms with E-state index in [1.807, 2.05) is 0 Å². The SMILES string of the molecule is COc1ccc(CC(=O)NCC(c2cccs2)S(=O)(=O)c2ccc(F)cc2)cc1. The maximum atomic E-state index is 13.2. The third kappa shape index (κ3) is 5.21. The van der Waals surface area contributed by atoms with Gasteiger partial charge >= 0.3 is 0 Å². The molecule has 1 aromatic heterocycles. The van der Waals surface area contributed by atoms with E-state index in [0.29, 0.717) is 10.6 Å². The summed E-state index contributed by atoms with van der Waals surface area (Å²) in [5.41, 5.74) is 0.789. The lowest BCUT2D eigenvalue weighted by Crippen LogP contribution is -2.32. The first-order valence-corrected chi connectivity index (χ1v) is 11.3. The van der Waals surface area contributed by atoms with Crippen molar-refractivity contribution in [2.45, 2.75) is 16.6 Å².